The van der Waals surface area contributed by atoms with Crippen molar-refractivity contribution in [3.63, 3.8) is 0 Å². The van der Waals surface area contributed by atoms with Crippen LogP contribution in [0.1, 0.15) is 38.4 Å². The van der Waals surface area contributed by atoms with Gasteiger partial charge in [-0.1, -0.05) is 19.0 Å². The molecule has 1 N–H and O–H groups in total. The van der Waals surface area contributed by atoms with E-state index in [4.69, 9.17) is 4.52 Å². The van der Waals surface area contributed by atoms with E-state index in [9.17, 15) is 4.79 Å². The van der Waals surface area contributed by atoms with E-state index < -0.39 is 0 Å². The summed E-state index contributed by atoms with van der Waals surface area (Å²) in [4.78, 5) is 18.2. The number of rotatable bonds is 4. The van der Waals surface area contributed by atoms with Crippen LogP contribution >= 0.6 is 0 Å². The SMILES string of the molecule is Cc1nc(CN2CCCC(NC(C)C)C2=O)no1. The first-order valence-corrected chi connectivity index (χ1v) is 6.40. The zero-order valence-corrected chi connectivity index (χ0v) is 11.1. The molecule has 1 aliphatic heterocycles. The number of piperidine rings is 1. The number of carbonyl (C=O) groups excluding carboxylic acids is 1. The molecule has 1 aromatic rings. The molecule has 6 nitrogen and oxygen atoms in total. The summed E-state index contributed by atoms with van der Waals surface area (Å²) in [5.41, 5.74) is 0. The number of nitrogens with zero attached hydrogens (tertiary/aromatic N) is 3. The Labute approximate surface area is 107 Å². The third kappa shape index (κ3) is 3.07. The largest absolute Gasteiger partial charge is 0.340 e. The summed E-state index contributed by atoms with van der Waals surface area (Å²) in [6.45, 7) is 7.05. The summed E-state index contributed by atoms with van der Waals surface area (Å²) in [6, 6.07) is 0.234. The first-order chi connectivity index (χ1) is 8.56. The van der Waals surface area contributed by atoms with Gasteiger partial charge in [0.1, 0.15) is 0 Å². The molecule has 1 fully saturated rings. The van der Waals surface area contributed by atoms with Gasteiger partial charge in [-0.25, -0.2) is 0 Å². The van der Waals surface area contributed by atoms with Crippen LogP contribution < -0.4 is 5.32 Å². The molecular weight excluding hydrogens is 232 g/mol. The molecule has 0 spiro atoms. The van der Waals surface area contributed by atoms with Crippen LogP contribution in [0.3, 0.4) is 0 Å². The van der Waals surface area contributed by atoms with Crippen LogP contribution in [0, 0.1) is 6.92 Å². The first-order valence-electron chi connectivity index (χ1n) is 6.40. The molecular formula is C12H20N4O2. The normalized spacial score (nSPS) is 20.8. The number of nitrogens with one attached hydrogen (secondary N) is 1. The second kappa shape index (κ2) is 5.48. The minimum absolute atomic E-state index is 0.0771. The smallest absolute Gasteiger partial charge is 0.240 e. The monoisotopic (exact) mass is 252 g/mol. The van der Waals surface area contributed by atoms with Crippen LogP contribution in [-0.4, -0.2) is 39.6 Å². The standard InChI is InChI=1S/C12H20N4O2/c1-8(2)13-10-5-4-6-16(12(10)17)7-11-14-9(3)18-15-11/h8,10,13H,4-7H2,1-3H3. The summed E-state index contributed by atoms with van der Waals surface area (Å²) in [5, 5.41) is 7.13. The van der Waals surface area contributed by atoms with Crippen molar-refractivity contribution in [2.75, 3.05) is 6.54 Å². The van der Waals surface area contributed by atoms with Crippen LogP contribution in [0.15, 0.2) is 4.52 Å². The predicted molar refractivity (Wildman–Crippen MR) is 65.7 cm³/mol. The van der Waals surface area contributed by atoms with Gasteiger partial charge in [0, 0.05) is 19.5 Å². The second-order valence-electron chi connectivity index (χ2n) is 5.01. The van der Waals surface area contributed by atoms with Crippen molar-refractivity contribution in [3.8, 4) is 0 Å². The van der Waals surface area contributed by atoms with Gasteiger partial charge >= 0.3 is 0 Å². The van der Waals surface area contributed by atoms with E-state index in [-0.39, 0.29) is 11.9 Å². The van der Waals surface area contributed by atoms with Gasteiger partial charge in [-0.05, 0) is 12.8 Å². The maximum atomic E-state index is 12.2. The lowest BCUT2D eigenvalue weighted by Gasteiger charge is -2.32. The lowest BCUT2D eigenvalue weighted by atomic mass is 10.0. The van der Waals surface area contributed by atoms with Crippen molar-refractivity contribution in [3.05, 3.63) is 11.7 Å². The lowest BCUT2D eigenvalue weighted by molar-refractivity contribution is -0.136. The van der Waals surface area contributed by atoms with Crippen LogP contribution in [0.2, 0.25) is 0 Å². The molecule has 1 atom stereocenters. The third-order valence-corrected chi connectivity index (χ3v) is 2.97. The van der Waals surface area contributed by atoms with E-state index >= 15 is 0 Å². The van der Waals surface area contributed by atoms with Crippen molar-refractivity contribution in [1.82, 2.24) is 20.4 Å². The van der Waals surface area contributed by atoms with E-state index in [0.29, 0.717) is 24.3 Å². The highest BCUT2D eigenvalue weighted by molar-refractivity contribution is 5.82. The molecule has 0 aromatic carbocycles. The van der Waals surface area contributed by atoms with Gasteiger partial charge in [0.05, 0.1) is 12.6 Å². The molecule has 1 aromatic heterocycles. The van der Waals surface area contributed by atoms with Crippen LogP contribution in [0.25, 0.3) is 0 Å². The number of hydrogen-bond donors (Lipinski definition) is 1. The van der Waals surface area contributed by atoms with Crippen LogP contribution in [-0.2, 0) is 11.3 Å². The highest BCUT2D eigenvalue weighted by Crippen LogP contribution is 2.14. The Balaban J connectivity index is 1.98. The molecule has 6 heteroatoms. The molecule has 0 bridgehead atoms. The van der Waals surface area contributed by atoms with Crippen molar-refractivity contribution in [2.24, 2.45) is 0 Å². The molecule has 0 aliphatic carbocycles. The molecule has 0 saturated carbocycles. The summed E-state index contributed by atoms with van der Waals surface area (Å²) in [5.74, 6) is 1.25. The summed E-state index contributed by atoms with van der Waals surface area (Å²) in [6.07, 6.45) is 1.91. The molecule has 2 heterocycles. The molecule has 100 valence electrons. The number of aryl methyl sites for hydroxylation is 1. The number of carbonyl (C=O) groups is 1. The Morgan fingerprint density at radius 2 is 2.33 bits per heavy atom. The molecule has 1 aliphatic rings. The van der Waals surface area contributed by atoms with Gasteiger partial charge in [0.25, 0.3) is 0 Å². The molecule has 2 rings (SSSR count). The number of likely N-dealkylation sites (tertiary alicyclic amines) is 1. The lowest BCUT2D eigenvalue weighted by Crippen LogP contribution is -2.52. The van der Waals surface area contributed by atoms with Crippen molar-refractivity contribution >= 4 is 5.91 Å². The van der Waals surface area contributed by atoms with Gasteiger partial charge in [-0.15, -0.1) is 0 Å². The fraction of sp³-hybridized carbons (Fsp3) is 0.750. The average molecular weight is 252 g/mol. The van der Waals surface area contributed by atoms with Crippen molar-refractivity contribution in [2.45, 2.75) is 52.2 Å². The van der Waals surface area contributed by atoms with E-state index in [2.05, 4.69) is 29.3 Å². The Morgan fingerprint density at radius 1 is 1.56 bits per heavy atom. The van der Waals surface area contributed by atoms with E-state index in [1.54, 1.807) is 11.8 Å². The fourth-order valence-electron chi connectivity index (χ4n) is 2.23. The fourth-order valence-corrected chi connectivity index (χ4v) is 2.23. The molecule has 1 amide bonds. The minimum Gasteiger partial charge on any atom is -0.340 e. The van der Waals surface area contributed by atoms with Gasteiger partial charge in [-0.3, -0.25) is 4.79 Å². The zero-order valence-electron chi connectivity index (χ0n) is 11.1. The Kier molecular flexibility index (Phi) is 3.96. The van der Waals surface area contributed by atoms with Gasteiger partial charge in [0.2, 0.25) is 11.8 Å². The number of amides is 1. The molecule has 0 radical (unpaired) electrons. The Hall–Kier alpha value is -1.43. The van der Waals surface area contributed by atoms with Gasteiger partial charge in [0.15, 0.2) is 5.82 Å². The Bertz CT molecular complexity index is 416. The summed E-state index contributed by atoms with van der Waals surface area (Å²) >= 11 is 0. The van der Waals surface area contributed by atoms with Gasteiger partial charge in [-0.2, -0.15) is 4.98 Å². The zero-order chi connectivity index (χ0) is 13.1. The maximum absolute atomic E-state index is 12.2. The molecule has 1 saturated heterocycles. The Morgan fingerprint density at radius 3 is 2.94 bits per heavy atom. The summed E-state index contributed by atoms with van der Waals surface area (Å²) in [7, 11) is 0. The topological polar surface area (TPSA) is 71.3 Å². The minimum atomic E-state index is -0.0771. The van der Waals surface area contributed by atoms with Crippen molar-refractivity contribution in [1.29, 1.82) is 0 Å². The van der Waals surface area contributed by atoms with E-state index in [0.717, 1.165) is 19.4 Å². The van der Waals surface area contributed by atoms with Gasteiger partial charge < -0.3 is 14.7 Å². The summed E-state index contributed by atoms with van der Waals surface area (Å²) < 4.78 is 4.92. The average Bonchev–Trinajstić information content (AvgIpc) is 2.69. The third-order valence-electron chi connectivity index (χ3n) is 2.97. The highest BCUT2D eigenvalue weighted by atomic mass is 16.5. The van der Waals surface area contributed by atoms with Crippen molar-refractivity contribution < 1.29 is 9.32 Å². The highest BCUT2D eigenvalue weighted by Gasteiger charge is 2.29. The predicted octanol–water partition coefficient (Wildman–Crippen LogP) is 0.867. The molecule has 1 unspecified atom stereocenters. The van der Waals surface area contributed by atoms with Crippen LogP contribution in [0.5, 0.6) is 0 Å². The number of aromatic nitrogens is 2. The van der Waals surface area contributed by atoms with E-state index in [1.807, 2.05) is 0 Å². The van der Waals surface area contributed by atoms with E-state index in [1.165, 1.54) is 0 Å². The number of hydrogen-bond acceptors (Lipinski definition) is 5. The van der Waals surface area contributed by atoms with Crippen LogP contribution in [0.4, 0.5) is 0 Å². The quantitative estimate of drug-likeness (QED) is 0.860. The first kappa shape index (κ1) is 13.0. The maximum Gasteiger partial charge on any atom is 0.240 e. The molecule has 18 heavy (non-hydrogen) atoms. The second-order valence-corrected chi connectivity index (χ2v) is 5.01.